The van der Waals surface area contributed by atoms with Crippen LogP contribution in [0.1, 0.15) is 51.2 Å². The predicted molar refractivity (Wildman–Crippen MR) is 129 cm³/mol. The van der Waals surface area contributed by atoms with E-state index in [1.807, 2.05) is 56.3 Å². The van der Waals surface area contributed by atoms with Crippen molar-refractivity contribution < 1.29 is 4.79 Å². The number of carbonyl (C=O) groups is 1. The number of benzene rings is 2. The summed E-state index contributed by atoms with van der Waals surface area (Å²) >= 11 is 0. The maximum absolute atomic E-state index is 13.2. The first-order valence-electron chi connectivity index (χ1n) is 11.0. The van der Waals surface area contributed by atoms with Gasteiger partial charge in [-0.1, -0.05) is 56.0 Å². The first kappa shape index (κ1) is 23.0. The molecule has 0 aliphatic heterocycles. The minimum absolute atomic E-state index is 0.0733. The van der Waals surface area contributed by atoms with Crippen molar-refractivity contribution in [1.29, 1.82) is 10.5 Å². The van der Waals surface area contributed by atoms with Crippen LogP contribution in [-0.4, -0.2) is 12.3 Å². The molecule has 0 spiro atoms. The fraction of sp³-hybridized carbons (Fsp3) is 0.321. The highest BCUT2D eigenvalue weighted by Gasteiger charge is 2.52. The average Bonchev–Trinajstić information content (AvgIpc) is 3.46. The number of nitrogens with one attached hydrogen (secondary N) is 1. The van der Waals surface area contributed by atoms with Gasteiger partial charge in [-0.15, -0.1) is 0 Å². The molecule has 2 aromatic carbocycles. The highest BCUT2D eigenvalue weighted by molar-refractivity contribution is 6.00. The van der Waals surface area contributed by atoms with E-state index in [4.69, 9.17) is 5.26 Å². The third-order valence-corrected chi connectivity index (χ3v) is 6.61. The van der Waals surface area contributed by atoms with Gasteiger partial charge in [0.05, 0.1) is 17.7 Å². The van der Waals surface area contributed by atoms with Crippen molar-refractivity contribution in [3.63, 3.8) is 0 Å². The van der Waals surface area contributed by atoms with Crippen LogP contribution in [0.2, 0.25) is 0 Å². The van der Waals surface area contributed by atoms with Crippen LogP contribution in [-0.2, 0) is 10.2 Å². The lowest BCUT2D eigenvalue weighted by molar-refractivity contribution is -0.115. The van der Waals surface area contributed by atoms with E-state index in [1.54, 1.807) is 0 Å². The summed E-state index contributed by atoms with van der Waals surface area (Å²) < 4.78 is 0. The van der Waals surface area contributed by atoms with Gasteiger partial charge in [0, 0.05) is 24.1 Å². The number of ketones is 1. The Hall–Kier alpha value is -3.63. The summed E-state index contributed by atoms with van der Waals surface area (Å²) in [5.74, 6) is 0.402. The summed E-state index contributed by atoms with van der Waals surface area (Å²) in [6.07, 6.45) is 5.79. The first-order chi connectivity index (χ1) is 15.4. The number of Topliss-reactive ketones (excluding diaryl/α,β-unsaturated/α-hetero) is 1. The van der Waals surface area contributed by atoms with Gasteiger partial charge in [0.1, 0.15) is 6.54 Å². The number of fused-ring (bicyclic) bond motifs is 1. The second-order valence-electron chi connectivity index (χ2n) is 8.57. The summed E-state index contributed by atoms with van der Waals surface area (Å²) in [6, 6.07) is 16.3. The van der Waals surface area contributed by atoms with Crippen molar-refractivity contribution in [2.24, 2.45) is 5.92 Å². The molecule has 0 saturated heterocycles. The first-order valence-corrected chi connectivity index (χ1v) is 11.0. The molecule has 4 heteroatoms. The molecule has 1 aliphatic carbocycles. The number of hydrogen-bond acceptors (Lipinski definition) is 4. The van der Waals surface area contributed by atoms with Gasteiger partial charge >= 0.3 is 0 Å². The molecule has 4 nitrogen and oxygen atoms in total. The molecule has 0 radical (unpaired) electrons. The zero-order valence-corrected chi connectivity index (χ0v) is 19.0. The Kier molecular flexibility index (Phi) is 6.96. The van der Waals surface area contributed by atoms with Gasteiger partial charge in [-0.05, 0) is 59.6 Å². The maximum Gasteiger partial charge on any atom is 0.163 e. The molecule has 0 bridgehead atoms. The minimum Gasteiger partial charge on any atom is -0.376 e. The fourth-order valence-electron chi connectivity index (χ4n) is 4.65. The third-order valence-electron chi connectivity index (χ3n) is 6.61. The summed E-state index contributed by atoms with van der Waals surface area (Å²) in [6.45, 7) is 10.2. The van der Waals surface area contributed by atoms with E-state index in [0.29, 0.717) is 18.4 Å². The Labute approximate surface area is 190 Å². The van der Waals surface area contributed by atoms with Gasteiger partial charge in [-0.25, -0.2) is 0 Å². The lowest BCUT2D eigenvalue weighted by Gasteiger charge is -2.17. The van der Waals surface area contributed by atoms with Crippen molar-refractivity contribution in [3.8, 4) is 12.1 Å². The smallest absolute Gasteiger partial charge is 0.163 e. The molecule has 162 valence electrons. The van der Waals surface area contributed by atoms with Crippen LogP contribution < -0.4 is 5.32 Å². The van der Waals surface area contributed by atoms with E-state index in [2.05, 4.69) is 37.0 Å². The van der Waals surface area contributed by atoms with Crippen LogP contribution in [0.15, 0.2) is 72.0 Å². The third kappa shape index (κ3) is 4.51. The number of nitriles is 2. The Morgan fingerprint density at radius 3 is 2.56 bits per heavy atom. The molecule has 0 amide bonds. The Bertz CT molecular complexity index is 1210. The topological polar surface area (TPSA) is 76.7 Å². The highest BCUT2D eigenvalue weighted by atomic mass is 16.1. The largest absolute Gasteiger partial charge is 0.376 e. The minimum atomic E-state index is -0.0733. The standard InChI is InChI=1S/C28H29N3O/c1-5-20(15-19(3)31-14-13-29)23(6-2)27(32)16-22-17-28(22,4)26-12-8-10-24-21(18-30)9-7-11-25(24)26/h5-12,22,31H,3,14-17H2,1-2,4H3/b20-5-,23-6+. The maximum atomic E-state index is 13.2. The van der Waals surface area contributed by atoms with Crippen LogP contribution >= 0.6 is 0 Å². The zero-order valence-electron chi connectivity index (χ0n) is 19.0. The van der Waals surface area contributed by atoms with Crippen molar-refractivity contribution in [2.75, 3.05) is 6.54 Å². The van der Waals surface area contributed by atoms with Crippen LogP contribution in [0.3, 0.4) is 0 Å². The molecule has 2 atom stereocenters. The van der Waals surface area contributed by atoms with Crippen molar-refractivity contribution in [3.05, 3.63) is 83.1 Å². The molecule has 2 aromatic rings. The number of hydrogen-bond donors (Lipinski definition) is 1. The molecule has 1 saturated carbocycles. The lowest BCUT2D eigenvalue weighted by atomic mass is 9.87. The number of rotatable bonds is 9. The van der Waals surface area contributed by atoms with E-state index in [0.717, 1.165) is 34.0 Å². The van der Waals surface area contributed by atoms with Crippen molar-refractivity contribution in [1.82, 2.24) is 5.32 Å². The van der Waals surface area contributed by atoms with Gasteiger partial charge in [0.25, 0.3) is 0 Å². The summed E-state index contributed by atoms with van der Waals surface area (Å²) in [4.78, 5) is 13.2. The molecule has 1 fully saturated rings. The van der Waals surface area contributed by atoms with Crippen molar-refractivity contribution >= 4 is 16.6 Å². The quantitative estimate of drug-likeness (QED) is 0.311. The number of carbonyl (C=O) groups excluding carboxylic acids is 1. The summed E-state index contributed by atoms with van der Waals surface area (Å²) in [7, 11) is 0. The predicted octanol–water partition coefficient (Wildman–Crippen LogP) is 5.86. The van der Waals surface area contributed by atoms with Crippen molar-refractivity contribution in [2.45, 2.75) is 45.4 Å². The molecule has 0 aromatic heterocycles. The number of allylic oxidation sites excluding steroid dienone is 4. The Morgan fingerprint density at radius 2 is 1.91 bits per heavy atom. The molecule has 1 aliphatic rings. The van der Waals surface area contributed by atoms with E-state index >= 15 is 0 Å². The Balaban J connectivity index is 1.77. The van der Waals surface area contributed by atoms with Crippen LogP contribution in [0.5, 0.6) is 0 Å². The van der Waals surface area contributed by atoms with Gasteiger partial charge in [-0.2, -0.15) is 10.5 Å². The molecule has 1 N–H and O–H groups in total. The van der Waals surface area contributed by atoms with Gasteiger partial charge in [0.15, 0.2) is 5.78 Å². The van der Waals surface area contributed by atoms with E-state index in [9.17, 15) is 10.1 Å². The lowest BCUT2D eigenvalue weighted by Crippen LogP contribution is -2.15. The SMILES string of the molecule is C=C(CC(=C/C)/C(=C\C)C(=O)CC1CC1(C)c1cccc2c(C#N)cccc12)NCC#N. The highest BCUT2D eigenvalue weighted by Crippen LogP contribution is 2.57. The second kappa shape index (κ2) is 9.67. The van der Waals surface area contributed by atoms with Gasteiger partial charge < -0.3 is 5.32 Å². The van der Waals surface area contributed by atoms with E-state index in [1.165, 1.54) is 5.56 Å². The monoisotopic (exact) mass is 423 g/mol. The molecule has 3 rings (SSSR count). The second-order valence-corrected chi connectivity index (χ2v) is 8.57. The average molecular weight is 424 g/mol. The van der Waals surface area contributed by atoms with E-state index in [-0.39, 0.29) is 23.7 Å². The summed E-state index contributed by atoms with van der Waals surface area (Å²) in [5.41, 5.74) is 4.21. The molecular formula is C28H29N3O. The van der Waals surface area contributed by atoms with E-state index < -0.39 is 0 Å². The molecule has 32 heavy (non-hydrogen) atoms. The Morgan fingerprint density at radius 1 is 1.19 bits per heavy atom. The normalized spacial score (nSPS) is 20.3. The molecule has 2 unspecified atom stereocenters. The fourth-order valence-corrected chi connectivity index (χ4v) is 4.65. The number of nitrogens with zero attached hydrogens (tertiary/aromatic N) is 2. The van der Waals surface area contributed by atoms with Gasteiger partial charge in [0.2, 0.25) is 0 Å². The van der Waals surface area contributed by atoms with Crippen LogP contribution in [0.4, 0.5) is 0 Å². The summed E-state index contributed by atoms with van der Waals surface area (Å²) in [5, 5.41) is 23.2. The molecule has 0 heterocycles. The van der Waals surface area contributed by atoms with Crippen LogP contribution in [0.25, 0.3) is 10.8 Å². The zero-order chi connectivity index (χ0) is 23.3. The van der Waals surface area contributed by atoms with Gasteiger partial charge in [-0.3, -0.25) is 4.79 Å². The van der Waals surface area contributed by atoms with Crippen LogP contribution in [0, 0.1) is 28.6 Å². The molecular weight excluding hydrogens is 394 g/mol.